The lowest BCUT2D eigenvalue weighted by Gasteiger charge is -2.12. The van der Waals surface area contributed by atoms with Crippen LogP contribution in [0.2, 0.25) is 10.0 Å². The summed E-state index contributed by atoms with van der Waals surface area (Å²) in [5, 5.41) is 12.6. The largest absolute Gasteiger partial charge is 0.368 e. The van der Waals surface area contributed by atoms with Gasteiger partial charge in [0.05, 0.1) is 22.3 Å². The Morgan fingerprint density at radius 3 is 2.50 bits per heavy atom. The van der Waals surface area contributed by atoms with Crippen molar-refractivity contribution in [2.24, 2.45) is 0 Å². The van der Waals surface area contributed by atoms with E-state index in [1.165, 1.54) is 0 Å². The van der Waals surface area contributed by atoms with E-state index in [2.05, 4.69) is 20.7 Å². The second-order valence-corrected chi connectivity index (χ2v) is 8.36. The maximum atomic E-state index is 12.3. The number of para-hydroxylation sites is 1. The molecule has 0 radical (unpaired) electrons. The normalized spacial score (nSPS) is 11.2. The SMILES string of the molecule is CC(C)c1nc(NCCNC(=O)c2ccc(Cl)cc2)c2cnn(-c3ccccc3Cl)c2n1. The van der Waals surface area contributed by atoms with E-state index < -0.39 is 0 Å². The molecule has 7 nitrogen and oxygen atoms in total. The summed E-state index contributed by atoms with van der Waals surface area (Å²) < 4.78 is 1.72. The van der Waals surface area contributed by atoms with Crippen molar-refractivity contribution in [1.82, 2.24) is 25.1 Å². The number of fused-ring (bicyclic) bond motifs is 1. The van der Waals surface area contributed by atoms with Crippen LogP contribution in [0.5, 0.6) is 0 Å². The van der Waals surface area contributed by atoms with Gasteiger partial charge in [0.15, 0.2) is 5.65 Å². The molecule has 0 saturated carbocycles. The van der Waals surface area contributed by atoms with Crippen LogP contribution in [0, 0.1) is 0 Å². The molecule has 0 aliphatic heterocycles. The standard InChI is InChI=1S/C23H22Cl2N6O/c1-14(2)20-29-21(26-11-12-27-23(32)15-7-9-16(24)10-8-15)17-13-28-31(22(17)30-20)19-6-4-3-5-18(19)25/h3-10,13-14H,11-12H2,1-2H3,(H,27,32)(H,26,29,30). The van der Waals surface area contributed by atoms with Crippen molar-refractivity contribution in [2.75, 3.05) is 18.4 Å². The number of hydrogen-bond donors (Lipinski definition) is 2. The Balaban J connectivity index is 1.54. The molecule has 0 aliphatic carbocycles. The molecule has 164 valence electrons. The molecule has 1 amide bonds. The van der Waals surface area contributed by atoms with Gasteiger partial charge in [0.1, 0.15) is 11.6 Å². The second-order valence-electron chi connectivity index (χ2n) is 7.52. The Bertz CT molecular complexity index is 1250. The average molecular weight is 469 g/mol. The summed E-state index contributed by atoms with van der Waals surface area (Å²) in [7, 11) is 0. The fraction of sp³-hybridized carbons (Fsp3) is 0.217. The van der Waals surface area contributed by atoms with E-state index in [0.29, 0.717) is 46.0 Å². The molecule has 9 heteroatoms. The molecule has 4 aromatic rings. The summed E-state index contributed by atoms with van der Waals surface area (Å²) in [6, 6.07) is 14.3. The van der Waals surface area contributed by atoms with Crippen LogP contribution < -0.4 is 10.6 Å². The van der Waals surface area contributed by atoms with E-state index in [9.17, 15) is 4.79 Å². The van der Waals surface area contributed by atoms with Gasteiger partial charge in [-0.15, -0.1) is 0 Å². The molecule has 0 bridgehead atoms. The van der Waals surface area contributed by atoms with Crippen LogP contribution in [0.25, 0.3) is 16.7 Å². The second kappa shape index (κ2) is 9.54. The lowest BCUT2D eigenvalue weighted by atomic mass is 10.2. The summed E-state index contributed by atoms with van der Waals surface area (Å²) in [6.45, 7) is 4.98. The number of aromatic nitrogens is 4. The Morgan fingerprint density at radius 1 is 1.03 bits per heavy atom. The lowest BCUT2D eigenvalue weighted by molar-refractivity contribution is 0.0955. The average Bonchev–Trinajstić information content (AvgIpc) is 3.21. The van der Waals surface area contributed by atoms with Crippen LogP contribution in [-0.4, -0.2) is 38.7 Å². The summed E-state index contributed by atoms with van der Waals surface area (Å²) >= 11 is 12.3. The molecule has 2 heterocycles. The molecular weight excluding hydrogens is 447 g/mol. The zero-order chi connectivity index (χ0) is 22.7. The third-order valence-corrected chi connectivity index (χ3v) is 5.42. The molecule has 32 heavy (non-hydrogen) atoms. The molecule has 0 unspecified atom stereocenters. The van der Waals surface area contributed by atoms with Gasteiger partial charge in [-0.1, -0.05) is 49.2 Å². The molecule has 0 fully saturated rings. The molecule has 2 aromatic heterocycles. The van der Waals surface area contributed by atoms with Gasteiger partial charge in [-0.05, 0) is 36.4 Å². The van der Waals surface area contributed by atoms with Gasteiger partial charge in [-0.3, -0.25) is 4.79 Å². The fourth-order valence-electron chi connectivity index (χ4n) is 3.18. The van der Waals surface area contributed by atoms with Crippen molar-refractivity contribution in [3.8, 4) is 5.69 Å². The van der Waals surface area contributed by atoms with E-state index in [1.807, 2.05) is 38.1 Å². The summed E-state index contributed by atoms with van der Waals surface area (Å²) in [4.78, 5) is 21.7. The highest BCUT2D eigenvalue weighted by atomic mass is 35.5. The highest BCUT2D eigenvalue weighted by Crippen LogP contribution is 2.27. The van der Waals surface area contributed by atoms with Gasteiger partial charge in [0, 0.05) is 29.6 Å². The quantitative estimate of drug-likeness (QED) is 0.369. The van der Waals surface area contributed by atoms with Crippen molar-refractivity contribution in [3.05, 3.63) is 76.2 Å². The smallest absolute Gasteiger partial charge is 0.251 e. The van der Waals surface area contributed by atoms with Crippen molar-refractivity contribution >= 4 is 46.0 Å². The van der Waals surface area contributed by atoms with Gasteiger partial charge in [0.25, 0.3) is 5.91 Å². The van der Waals surface area contributed by atoms with Crippen molar-refractivity contribution in [2.45, 2.75) is 19.8 Å². The van der Waals surface area contributed by atoms with E-state index in [-0.39, 0.29) is 11.8 Å². The third-order valence-electron chi connectivity index (χ3n) is 4.85. The van der Waals surface area contributed by atoms with Crippen molar-refractivity contribution in [1.29, 1.82) is 0 Å². The molecule has 2 aromatic carbocycles. The fourth-order valence-corrected chi connectivity index (χ4v) is 3.52. The van der Waals surface area contributed by atoms with Crippen LogP contribution in [0.15, 0.2) is 54.7 Å². The van der Waals surface area contributed by atoms with Crippen LogP contribution in [0.3, 0.4) is 0 Å². The molecule has 0 aliphatic rings. The molecule has 2 N–H and O–H groups in total. The van der Waals surface area contributed by atoms with Gasteiger partial charge >= 0.3 is 0 Å². The lowest BCUT2D eigenvalue weighted by Crippen LogP contribution is -2.29. The minimum absolute atomic E-state index is 0.124. The third kappa shape index (κ3) is 4.69. The number of hydrogen-bond acceptors (Lipinski definition) is 5. The van der Waals surface area contributed by atoms with Gasteiger partial charge in [0.2, 0.25) is 0 Å². The Kier molecular flexibility index (Phi) is 6.58. The predicted octanol–water partition coefficient (Wildman–Crippen LogP) is 5.09. The van der Waals surface area contributed by atoms with Crippen LogP contribution in [0.4, 0.5) is 5.82 Å². The molecule has 0 atom stereocenters. The predicted molar refractivity (Wildman–Crippen MR) is 128 cm³/mol. The summed E-state index contributed by atoms with van der Waals surface area (Å²) in [5.74, 6) is 1.32. The number of benzene rings is 2. The van der Waals surface area contributed by atoms with E-state index in [4.69, 9.17) is 28.2 Å². The van der Waals surface area contributed by atoms with Gasteiger partial charge < -0.3 is 10.6 Å². The topological polar surface area (TPSA) is 84.7 Å². The number of nitrogens with one attached hydrogen (secondary N) is 2. The molecular formula is C23H22Cl2N6O. The molecule has 4 rings (SSSR count). The minimum atomic E-state index is -0.161. The first-order valence-electron chi connectivity index (χ1n) is 10.2. The summed E-state index contributed by atoms with van der Waals surface area (Å²) in [5.41, 5.74) is 1.98. The zero-order valence-corrected chi connectivity index (χ0v) is 19.2. The number of amides is 1. The molecule has 0 spiro atoms. The van der Waals surface area contributed by atoms with E-state index >= 15 is 0 Å². The Morgan fingerprint density at radius 2 is 1.78 bits per heavy atom. The zero-order valence-electron chi connectivity index (χ0n) is 17.6. The highest BCUT2D eigenvalue weighted by Gasteiger charge is 2.17. The maximum absolute atomic E-state index is 12.3. The number of anilines is 1. The number of carbonyl (C=O) groups excluding carboxylic acids is 1. The number of carbonyl (C=O) groups is 1. The molecule has 0 saturated heterocycles. The van der Waals surface area contributed by atoms with Gasteiger partial charge in [-0.25, -0.2) is 14.6 Å². The van der Waals surface area contributed by atoms with Crippen molar-refractivity contribution < 1.29 is 4.79 Å². The van der Waals surface area contributed by atoms with Gasteiger partial charge in [-0.2, -0.15) is 5.10 Å². The monoisotopic (exact) mass is 468 g/mol. The maximum Gasteiger partial charge on any atom is 0.251 e. The summed E-state index contributed by atoms with van der Waals surface area (Å²) in [6.07, 6.45) is 1.72. The first kappa shape index (κ1) is 22.0. The Labute approximate surface area is 195 Å². The first-order valence-corrected chi connectivity index (χ1v) is 11.0. The highest BCUT2D eigenvalue weighted by molar-refractivity contribution is 6.32. The Hall–Kier alpha value is -3.16. The van der Waals surface area contributed by atoms with Crippen molar-refractivity contribution in [3.63, 3.8) is 0 Å². The van der Waals surface area contributed by atoms with E-state index in [1.54, 1.807) is 35.1 Å². The van der Waals surface area contributed by atoms with Crippen LogP contribution >= 0.6 is 23.2 Å². The number of halogens is 2. The number of rotatable bonds is 7. The number of nitrogens with zero attached hydrogens (tertiary/aromatic N) is 4. The first-order chi connectivity index (χ1) is 15.4. The minimum Gasteiger partial charge on any atom is -0.368 e. The van der Waals surface area contributed by atoms with Crippen LogP contribution in [-0.2, 0) is 0 Å². The van der Waals surface area contributed by atoms with Crippen LogP contribution in [0.1, 0.15) is 35.9 Å². The van der Waals surface area contributed by atoms with E-state index in [0.717, 1.165) is 11.1 Å².